The first-order valence-corrected chi connectivity index (χ1v) is 3.67. The monoisotopic (exact) mass is 153 g/mol. The van der Waals surface area contributed by atoms with Crippen molar-refractivity contribution in [1.82, 2.24) is 4.90 Å². The quantitative estimate of drug-likeness (QED) is 0.521. The molecule has 0 aromatic carbocycles. The highest BCUT2D eigenvalue weighted by Gasteiger charge is 2.26. The number of nitrogens with zero attached hydrogens (tertiary/aromatic N) is 1. The molecule has 1 atom stereocenters. The van der Waals surface area contributed by atoms with E-state index in [4.69, 9.17) is 11.5 Å². The van der Waals surface area contributed by atoms with E-state index in [9.17, 15) is 4.79 Å². The predicted molar refractivity (Wildman–Crippen MR) is 40.7 cm³/mol. The van der Waals surface area contributed by atoms with Crippen LogP contribution in [0.5, 0.6) is 0 Å². The van der Waals surface area contributed by atoms with Crippen molar-refractivity contribution in [3.8, 4) is 12.3 Å². The van der Waals surface area contributed by atoms with Crippen molar-refractivity contribution in [2.24, 2.45) is 0 Å². The largest absolute Gasteiger partial charge is 0.394 e. The van der Waals surface area contributed by atoms with Gasteiger partial charge in [0.05, 0.1) is 12.6 Å². The topological polar surface area (TPSA) is 40.5 Å². The fourth-order valence-corrected chi connectivity index (χ4v) is 1.38. The van der Waals surface area contributed by atoms with E-state index in [1.165, 1.54) is 0 Å². The molecule has 3 heteroatoms. The van der Waals surface area contributed by atoms with Gasteiger partial charge in [0.15, 0.2) is 0 Å². The molecule has 0 aromatic heterocycles. The van der Waals surface area contributed by atoms with Crippen LogP contribution in [-0.4, -0.2) is 35.1 Å². The Balaban J connectivity index is 2.58. The number of carbonyl (C=O) groups is 1. The second-order valence-electron chi connectivity index (χ2n) is 2.62. The highest BCUT2D eigenvalue weighted by molar-refractivity contribution is 5.93. The SMILES string of the molecule is C#CC(=O)N1CCCC1CO. The smallest absolute Gasteiger partial charge is 0.298 e. The fraction of sp³-hybridized carbons (Fsp3) is 0.625. The summed E-state index contributed by atoms with van der Waals surface area (Å²) >= 11 is 0. The molecule has 1 saturated heterocycles. The molecule has 1 heterocycles. The van der Waals surface area contributed by atoms with Gasteiger partial charge in [-0.25, -0.2) is 0 Å². The average Bonchev–Trinajstić information content (AvgIpc) is 2.50. The van der Waals surface area contributed by atoms with Crippen molar-refractivity contribution < 1.29 is 9.90 Å². The van der Waals surface area contributed by atoms with E-state index in [-0.39, 0.29) is 18.6 Å². The Morgan fingerprint density at radius 1 is 1.82 bits per heavy atom. The standard InChI is InChI=1S/C8H11NO2/c1-2-8(11)9-5-3-4-7(9)6-10/h1,7,10H,3-6H2. The van der Waals surface area contributed by atoms with Crippen molar-refractivity contribution in [2.45, 2.75) is 18.9 Å². The Hall–Kier alpha value is -1.01. The van der Waals surface area contributed by atoms with Crippen molar-refractivity contribution in [2.75, 3.05) is 13.2 Å². The minimum Gasteiger partial charge on any atom is -0.394 e. The van der Waals surface area contributed by atoms with E-state index in [0.717, 1.165) is 12.8 Å². The van der Waals surface area contributed by atoms with Crippen LogP contribution < -0.4 is 0 Å². The summed E-state index contributed by atoms with van der Waals surface area (Å²) in [4.78, 5) is 12.5. The minimum atomic E-state index is -0.304. The first kappa shape index (κ1) is 8.09. The third kappa shape index (κ3) is 1.52. The highest BCUT2D eigenvalue weighted by Crippen LogP contribution is 2.15. The van der Waals surface area contributed by atoms with Gasteiger partial charge >= 0.3 is 0 Å². The van der Waals surface area contributed by atoms with Crippen LogP contribution in [0.15, 0.2) is 0 Å². The number of amides is 1. The zero-order valence-electron chi connectivity index (χ0n) is 6.29. The van der Waals surface area contributed by atoms with E-state index in [2.05, 4.69) is 0 Å². The Bertz CT molecular complexity index is 195. The van der Waals surface area contributed by atoms with Gasteiger partial charge in [0.2, 0.25) is 0 Å². The zero-order valence-corrected chi connectivity index (χ0v) is 6.29. The zero-order chi connectivity index (χ0) is 8.27. The van der Waals surface area contributed by atoms with Crippen LogP contribution in [0.25, 0.3) is 0 Å². The van der Waals surface area contributed by atoms with Gasteiger partial charge in [-0.1, -0.05) is 0 Å². The summed E-state index contributed by atoms with van der Waals surface area (Å²) in [5, 5.41) is 8.82. The summed E-state index contributed by atoms with van der Waals surface area (Å²) in [7, 11) is 0. The lowest BCUT2D eigenvalue weighted by Crippen LogP contribution is -2.36. The molecular formula is C8H11NO2. The molecule has 1 aliphatic rings. The Morgan fingerprint density at radius 2 is 2.55 bits per heavy atom. The molecule has 1 N–H and O–H groups in total. The van der Waals surface area contributed by atoms with Gasteiger partial charge in [0.25, 0.3) is 5.91 Å². The van der Waals surface area contributed by atoms with Gasteiger partial charge in [-0.3, -0.25) is 4.79 Å². The van der Waals surface area contributed by atoms with Gasteiger partial charge < -0.3 is 10.0 Å². The van der Waals surface area contributed by atoms with Crippen molar-refractivity contribution in [3.05, 3.63) is 0 Å². The summed E-state index contributed by atoms with van der Waals surface area (Å²) in [6.07, 6.45) is 6.75. The van der Waals surface area contributed by atoms with Gasteiger partial charge in [0, 0.05) is 6.54 Å². The maximum Gasteiger partial charge on any atom is 0.298 e. The van der Waals surface area contributed by atoms with Crippen LogP contribution in [0, 0.1) is 12.3 Å². The number of hydrogen-bond acceptors (Lipinski definition) is 2. The van der Waals surface area contributed by atoms with Crippen LogP contribution in [0.4, 0.5) is 0 Å². The first-order chi connectivity index (χ1) is 5.29. The normalized spacial score (nSPS) is 23.3. The molecule has 0 aromatic rings. The summed E-state index contributed by atoms with van der Waals surface area (Å²) in [5.74, 6) is 1.74. The molecule has 1 fully saturated rings. The average molecular weight is 153 g/mol. The molecule has 60 valence electrons. The third-order valence-corrected chi connectivity index (χ3v) is 1.97. The number of carbonyl (C=O) groups excluding carboxylic acids is 1. The van der Waals surface area contributed by atoms with E-state index < -0.39 is 0 Å². The third-order valence-electron chi connectivity index (χ3n) is 1.97. The van der Waals surface area contributed by atoms with Crippen LogP contribution in [-0.2, 0) is 4.79 Å². The molecule has 3 nitrogen and oxygen atoms in total. The number of likely N-dealkylation sites (tertiary alicyclic amines) is 1. The van der Waals surface area contributed by atoms with E-state index in [1.807, 2.05) is 5.92 Å². The van der Waals surface area contributed by atoms with Crippen LogP contribution in [0.2, 0.25) is 0 Å². The van der Waals surface area contributed by atoms with E-state index in [0.29, 0.717) is 6.54 Å². The molecule has 0 spiro atoms. The second kappa shape index (κ2) is 3.40. The summed E-state index contributed by atoms with van der Waals surface area (Å²) in [5.41, 5.74) is 0. The lowest BCUT2D eigenvalue weighted by atomic mass is 10.2. The molecule has 1 rings (SSSR count). The second-order valence-corrected chi connectivity index (χ2v) is 2.62. The van der Waals surface area contributed by atoms with E-state index in [1.54, 1.807) is 4.90 Å². The fourth-order valence-electron chi connectivity index (χ4n) is 1.38. The van der Waals surface area contributed by atoms with Crippen molar-refractivity contribution in [1.29, 1.82) is 0 Å². The molecular weight excluding hydrogens is 142 g/mol. The number of aliphatic hydroxyl groups excluding tert-OH is 1. The Kier molecular flexibility index (Phi) is 2.50. The summed E-state index contributed by atoms with van der Waals surface area (Å²) in [6.45, 7) is 0.710. The minimum absolute atomic E-state index is 0.0212. The predicted octanol–water partition coefficient (Wildman–Crippen LogP) is -0.397. The van der Waals surface area contributed by atoms with Crippen LogP contribution in [0.3, 0.4) is 0 Å². The Labute approximate surface area is 66.0 Å². The first-order valence-electron chi connectivity index (χ1n) is 3.67. The number of terminal acetylenes is 1. The van der Waals surface area contributed by atoms with Crippen LogP contribution in [0.1, 0.15) is 12.8 Å². The van der Waals surface area contributed by atoms with Gasteiger partial charge in [-0.05, 0) is 18.8 Å². The molecule has 0 aliphatic carbocycles. The van der Waals surface area contributed by atoms with E-state index >= 15 is 0 Å². The van der Waals surface area contributed by atoms with Crippen molar-refractivity contribution in [3.63, 3.8) is 0 Å². The lowest BCUT2D eigenvalue weighted by molar-refractivity contribution is -0.126. The molecule has 0 saturated carbocycles. The molecule has 1 aliphatic heterocycles. The summed E-state index contributed by atoms with van der Waals surface area (Å²) < 4.78 is 0. The molecule has 1 amide bonds. The van der Waals surface area contributed by atoms with Crippen LogP contribution >= 0.6 is 0 Å². The van der Waals surface area contributed by atoms with Gasteiger partial charge in [-0.2, -0.15) is 0 Å². The maximum absolute atomic E-state index is 11.0. The number of rotatable bonds is 1. The summed E-state index contributed by atoms with van der Waals surface area (Å²) in [6, 6.07) is -0.0430. The lowest BCUT2D eigenvalue weighted by Gasteiger charge is -2.19. The van der Waals surface area contributed by atoms with Gasteiger partial charge in [-0.15, -0.1) is 6.42 Å². The molecule has 1 unspecified atom stereocenters. The highest BCUT2D eigenvalue weighted by atomic mass is 16.3. The molecule has 0 radical (unpaired) electrons. The maximum atomic E-state index is 11.0. The number of hydrogen-bond donors (Lipinski definition) is 1. The van der Waals surface area contributed by atoms with Crippen molar-refractivity contribution >= 4 is 5.91 Å². The van der Waals surface area contributed by atoms with Gasteiger partial charge in [0.1, 0.15) is 0 Å². The molecule has 11 heavy (non-hydrogen) atoms. The molecule has 0 bridgehead atoms. The Morgan fingerprint density at radius 3 is 3.09 bits per heavy atom. The number of aliphatic hydroxyl groups is 1.